The van der Waals surface area contributed by atoms with Gasteiger partial charge < -0.3 is 25.2 Å². The molecule has 0 aliphatic carbocycles. The molecule has 1 heterocycles. The maximum atomic E-state index is 13.7. The highest BCUT2D eigenvalue weighted by Gasteiger charge is 2.14. The maximum absolute atomic E-state index is 13.7. The monoisotopic (exact) mass is 345 g/mol. The highest BCUT2D eigenvalue weighted by Crippen LogP contribution is 2.32. The van der Waals surface area contributed by atoms with Gasteiger partial charge >= 0.3 is 0 Å². The predicted molar refractivity (Wildman–Crippen MR) is 92.1 cm³/mol. The minimum absolute atomic E-state index is 0.141. The Balaban J connectivity index is 1.52. The lowest BCUT2D eigenvalue weighted by Crippen LogP contribution is -2.39. The molecular weight excluding hydrogens is 325 g/mol. The Bertz CT molecular complexity index is 767. The molecular formula is C18H20FN3O3. The van der Waals surface area contributed by atoms with Crippen LogP contribution in [0, 0.1) is 5.82 Å². The van der Waals surface area contributed by atoms with Gasteiger partial charge in [-0.15, -0.1) is 0 Å². The van der Waals surface area contributed by atoms with E-state index in [9.17, 15) is 9.50 Å². The zero-order valence-corrected chi connectivity index (χ0v) is 13.8. The molecule has 132 valence electrons. The van der Waals surface area contributed by atoms with E-state index in [4.69, 9.17) is 9.47 Å². The van der Waals surface area contributed by atoms with Crippen molar-refractivity contribution < 1.29 is 19.0 Å². The summed E-state index contributed by atoms with van der Waals surface area (Å²) in [5, 5.41) is 16.2. The number of nitrogens with zero attached hydrogens (tertiary/aromatic N) is 1. The summed E-state index contributed by atoms with van der Waals surface area (Å²) in [5.41, 5.74) is 1.25. The first-order chi connectivity index (χ1) is 12.2. The standard InChI is InChI=1S/C18H20FN3O3/c1-20-18(22-10-15(23)13-4-2-3-5-14(13)19)21-9-12-6-7-16-17(8-12)25-11-24-16/h2-8,15,23H,9-11H2,1H3,(H2,20,21,22). The fourth-order valence-corrected chi connectivity index (χ4v) is 2.51. The van der Waals surface area contributed by atoms with Crippen LogP contribution in [0.4, 0.5) is 4.39 Å². The van der Waals surface area contributed by atoms with Crippen LogP contribution in [0.2, 0.25) is 0 Å². The average Bonchev–Trinajstić information content (AvgIpc) is 3.09. The Hall–Kier alpha value is -2.80. The number of fused-ring (bicyclic) bond motifs is 1. The van der Waals surface area contributed by atoms with Gasteiger partial charge in [0, 0.05) is 25.7 Å². The third kappa shape index (κ3) is 4.19. The molecule has 3 rings (SSSR count). The van der Waals surface area contributed by atoms with Crippen molar-refractivity contribution >= 4 is 5.96 Å². The Morgan fingerprint density at radius 2 is 2.00 bits per heavy atom. The molecule has 0 aromatic heterocycles. The van der Waals surface area contributed by atoms with Crippen molar-refractivity contribution in [3.05, 3.63) is 59.4 Å². The molecule has 1 unspecified atom stereocenters. The summed E-state index contributed by atoms with van der Waals surface area (Å²) in [4.78, 5) is 4.10. The summed E-state index contributed by atoms with van der Waals surface area (Å²) >= 11 is 0. The van der Waals surface area contributed by atoms with Crippen LogP contribution in [0.3, 0.4) is 0 Å². The van der Waals surface area contributed by atoms with Gasteiger partial charge in [-0.05, 0) is 23.8 Å². The molecule has 0 bridgehead atoms. The van der Waals surface area contributed by atoms with Gasteiger partial charge in [-0.1, -0.05) is 24.3 Å². The Morgan fingerprint density at radius 1 is 1.20 bits per heavy atom. The van der Waals surface area contributed by atoms with Crippen LogP contribution in [-0.2, 0) is 6.54 Å². The van der Waals surface area contributed by atoms with E-state index in [1.807, 2.05) is 18.2 Å². The van der Waals surface area contributed by atoms with Gasteiger partial charge in [0.2, 0.25) is 6.79 Å². The van der Waals surface area contributed by atoms with E-state index in [-0.39, 0.29) is 18.9 Å². The molecule has 0 radical (unpaired) electrons. The average molecular weight is 345 g/mol. The molecule has 3 N–H and O–H groups in total. The second kappa shape index (κ2) is 7.85. The van der Waals surface area contributed by atoms with Crippen LogP contribution in [0.15, 0.2) is 47.5 Å². The van der Waals surface area contributed by atoms with E-state index >= 15 is 0 Å². The van der Waals surface area contributed by atoms with Crippen LogP contribution in [-0.4, -0.2) is 31.5 Å². The fourth-order valence-electron chi connectivity index (χ4n) is 2.51. The van der Waals surface area contributed by atoms with Crippen molar-refractivity contribution in [3.8, 4) is 11.5 Å². The zero-order valence-electron chi connectivity index (χ0n) is 13.8. The number of guanidine groups is 1. The maximum Gasteiger partial charge on any atom is 0.231 e. The summed E-state index contributed by atoms with van der Waals surface area (Å²) in [5.74, 6) is 1.53. The van der Waals surface area contributed by atoms with Gasteiger partial charge in [-0.2, -0.15) is 0 Å². The van der Waals surface area contributed by atoms with E-state index in [1.54, 1.807) is 25.2 Å². The van der Waals surface area contributed by atoms with Crippen LogP contribution >= 0.6 is 0 Å². The number of halogens is 1. The lowest BCUT2D eigenvalue weighted by Gasteiger charge is -2.16. The van der Waals surface area contributed by atoms with Gasteiger partial charge in [-0.3, -0.25) is 4.99 Å². The summed E-state index contributed by atoms with van der Waals surface area (Å²) in [6.07, 6.45) is -0.967. The van der Waals surface area contributed by atoms with Crippen molar-refractivity contribution in [2.75, 3.05) is 20.4 Å². The number of rotatable bonds is 5. The van der Waals surface area contributed by atoms with Gasteiger partial charge in [-0.25, -0.2) is 4.39 Å². The molecule has 1 aliphatic rings. The Kier molecular flexibility index (Phi) is 5.35. The highest BCUT2D eigenvalue weighted by atomic mass is 19.1. The fraction of sp³-hybridized carbons (Fsp3) is 0.278. The molecule has 0 amide bonds. The molecule has 0 fully saturated rings. The quantitative estimate of drug-likeness (QED) is 0.571. The topological polar surface area (TPSA) is 75.1 Å². The van der Waals surface area contributed by atoms with Crippen molar-refractivity contribution in [1.29, 1.82) is 0 Å². The van der Waals surface area contributed by atoms with Crippen LogP contribution < -0.4 is 20.1 Å². The van der Waals surface area contributed by atoms with Gasteiger partial charge in [0.05, 0.1) is 6.10 Å². The largest absolute Gasteiger partial charge is 0.454 e. The molecule has 1 aliphatic heterocycles. The number of aliphatic hydroxyl groups is 1. The molecule has 0 saturated heterocycles. The smallest absolute Gasteiger partial charge is 0.231 e. The molecule has 2 aromatic carbocycles. The first-order valence-corrected chi connectivity index (χ1v) is 7.93. The lowest BCUT2D eigenvalue weighted by atomic mass is 10.1. The SMILES string of the molecule is CN=C(NCc1ccc2c(c1)OCO2)NCC(O)c1ccccc1F. The Labute approximate surface area is 145 Å². The molecule has 6 nitrogen and oxygen atoms in total. The third-order valence-corrected chi connectivity index (χ3v) is 3.85. The number of aliphatic hydroxyl groups excluding tert-OH is 1. The Morgan fingerprint density at radius 3 is 2.80 bits per heavy atom. The van der Waals surface area contributed by atoms with Crippen LogP contribution in [0.25, 0.3) is 0 Å². The zero-order chi connectivity index (χ0) is 17.6. The summed E-state index contributed by atoms with van der Waals surface area (Å²) < 4.78 is 24.3. The molecule has 0 spiro atoms. The minimum Gasteiger partial charge on any atom is -0.454 e. The van der Waals surface area contributed by atoms with Crippen molar-refractivity contribution in [1.82, 2.24) is 10.6 Å². The molecule has 7 heteroatoms. The summed E-state index contributed by atoms with van der Waals surface area (Å²) in [6.45, 7) is 0.900. The molecule has 25 heavy (non-hydrogen) atoms. The van der Waals surface area contributed by atoms with Crippen LogP contribution in [0.5, 0.6) is 11.5 Å². The van der Waals surface area contributed by atoms with Crippen molar-refractivity contribution in [3.63, 3.8) is 0 Å². The normalized spacial score (nSPS) is 14.3. The molecule has 0 saturated carbocycles. The number of benzene rings is 2. The van der Waals surface area contributed by atoms with E-state index < -0.39 is 11.9 Å². The number of aliphatic imine (C=N–C) groups is 1. The second-order valence-electron chi connectivity index (χ2n) is 5.53. The first kappa shape index (κ1) is 17.0. The second-order valence-corrected chi connectivity index (χ2v) is 5.53. The van der Waals surface area contributed by atoms with Gasteiger partial charge in [0.1, 0.15) is 5.82 Å². The summed E-state index contributed by atoms with van der Waals surface area (Å²) in [6, 6.07) is 11.9. The number of nitrogens with one attached hydrogen (secondary N) is 2. The number of hydrogen-bond donors (Lipinski definition) is 3. The third-order valence-electron chi connectivity index (χ3n) is 3.85. The number of hydrogen-bond acceptors (Lipinski definition) is 4. The van der Waals surface area contributed by atoms with E-state index in [0.717, 1.165) is 17.1 Å². The minimum atomic E-state index is -0.967. The van der Waals surface area contributed by atoms with E-state index in [0.29, 0.717) is 12.5 Å². The molecule has 2 aromatic rings. The predicted octanol–water partition coefficient (Wildman–Crippen LogP) is 1.95. The van der Waals surface area contributed by atoms with E-state index in [1.165, 1.54) is 6.07 Å². The number of ether oxygens (including phenoxy) is 2. The van der Waals surface area contributed by atoms with Crippen molar-refractivity contribution in [2.24, 2.45) is 4.99 Å². The van der Waals surface area contributed by atoms with Gasteiger partial charge in [0.15, 0.2) is 17.5 Å². The first-order valence-electron chi connectivity index (χ1n) is 7.93. The molecule has 1 atom stereocenters. The summed E-state index contributed by atoms with van der Waals surface area (Å²) in [7, 11) is 1.63. The van der Waals surface area contributed by atoms with E-state index in [2.05, 4.69) is 15.6 Å². The van der Waals surface area contributed by atoms with Crippen molar-refractivity contribution in [2.45, 2.75) is 12.6 Å². The van der Waals surface area contributed by atoms with Gasteiger partial charge in [0.25, 0.3) is 0 Å². The van der Waals surface area contributed by atoms with Crippen LogP contribution in [0.1, 0.15) is 17.2 Å². The highest BCUT2D eigenvalue weighted by molar-refractivity contribution is 5.79. The lowest BCUT2D eigenvalue weighted by molar-refractivity contribution is 0.174.